The third kappa shape index (κ3) is 5.19. The molecule has 2 aromatic heterocycles. The Morgan fingerprint density at radius 2 is 2.07 bits per heavy atom. The lowest BCUT2D eigenvalue weighted by Gasteiger charge is -2.12. The number of rotatable bonds is 8. The Kier molecular flexibility index (Phi) is 7.09. The zero-order valence-corrected chi connectivity index (χ0v) is 17.7. The molecule has 0 aliphatic heterocycles. The molecule has 154 valence electrons. The molecule has 0 aliphatic carbocycles. The summed E-state index contributed by atoms with van der Waals surface area (Å²) < 4.78 is 1.36. The van der Waals surface area contributed by atoms with E-state index in [1.807, 2.05) is 24.3 Å². The van der Waals surface area contributed by atoms with E-state index in [4.69, 9.17) is 0 Å². The van der Waals surface area contributed by atoms with Gasteiger partial charge in [0.2, 0.25) is 5.91 Å². The Morgan fingerprint density at radius 1 is 1.30 bits per heavy atom. The van der Waals surface area contributed by atoms with Gasteiger partial charge in [-0.1, -0.05) is 43.3 Å². The molecule has 0 spiro atoms. The minimum atomic E-state index is -0.505. The van der Waals surface area contributed by atoms with Crippen molar-refractivity contribution in [1.82, 2.24) is 14.8 Å². The number of benzene rings is 1. The third-order valence-corrected chi connectivity index (χ3v) is 5.58. The number of amides is 1. The highest BCUT2D eigenvalue weighted by Crippen LogP contribution is 2.26. The van der Waals surface area contributed by atoms with Gasteiger partial charge < -0.3 is 5.32 Å². The highest BCUT2D eigenvalue weighted by Gasteiger charge is 2.19. The number of nitrogens with zero attached hydrogens (tertiary/aromatic N) is 3. The molecule has 7 nitrogen and oxygen atoms in total. The molecule has 1 aromatic carbocycles. The van der Waals surface area contributed by atoms with Crippen molar-refractivity contribution in [2.45, 2.75) is 43.4 Å². The molecule has 8 heteroatoms. The first kappa shape index (κ1) is 21.4. The average Bonchev–Trinajstić information content (AvgIpc) is 3.12. The maximum Gasteiger partial charge on any atom is 0.273 e. The smallest absolute Gasteiger partial charge is 0.273 e. The standard InChI is InChI=1S/C22H23N5O2S/c1-3-4-8-17-12-11-16(14-23)22(24-17)30-15(2)21(29)25-19-13-20(28)27(26-19)18-9-6-5-7-10-18/h5-7,9-13,15,26H,3-4,8H2,1-2H3,(H,25,29). The van der Waals surface area contributed by atoms with E-state index in [0.717, 1.165) is 25.0 Å². The van der Waals surface area contributed by atoms with E-state index in [2.05, 4.69) is 28.4 Å². The van der Waals surface area contributed by atoms with Crippen LogP contribution in [0.1, 0.15) is 37.9 Å². The molecule has 30 heavy (non-hydrogen) atoms. The van der Waals surface area contributed by atoms with Crippen LogP contribution in [0.5, 0.6) is 0 Å². The Labute approximate surface area is 179 Å². The second-order valence-corrected chi connectivity index (χ2v) is 8.13. The number of unbranched alkanes of at least 4 members (excludes halogenated alkanes) is 1. The first-order valence-electron chi connectivity index (χ1n) is 9.77. The number of para-hydroxylation sites is 1. The molecule has 3 rings (SSSR count). The highest BCUT2D eigenvalue weighted by molar-refractivity contribution is 8.00. The average molecular weight is 422 g/mol. The van der Waals surface area contributed by atoms with Crippen LogP contribution in [0.4, 0.5) is 5.82 Å². The van der Waals surface area contributed by atoms with Crippen LogP contribution in [0.3, 0.4) is 0 Å². The van der Waals surface area contributed by atoms with Crippen LogP contribution in [0.15, 0.2) is 58.4 Å². The van der Waals surface area contributed by atoms with Crippen molar-refractivity contribution >= 4 is 23.5 Å². The fraction of sp³-hybridized carbons (Fsp3) is 0.273. The number of aromatic nitrogens is 3. The molecular formula is C22H23N5O2S. The summed E-state index contributed by atoms with van der Waals surface area (Å²) in [6, 6.07) is 16.2. The molecule has 0 radical (unpaired) electrons. The van der Waals surface area contributed by atoms with Gasteiger partial charge in [0.15, 0.2) is 0 Å². The van der Waals surface area contributed by atoms with E-state index >= 15 is 0 Å². The summed E-state index contributed by atoms with van der Waals surface area (Å²) in [4.78, 5) is 29.4. The number of hydrogen-bond donors (Lipinski definition) is 2. The quantitative estimate of drug-likeness (QED) is 0.537. The molecule has 1 atom stereocenters. The third-order valence-electron chi connectivity index (χ3n) is 4.48. The molecular weight excluding hydrogens is 398 g/mol. The van der Waals surface area contributed by atoms with Crippen molar-refractivity contribution in [3.8, 4) is 11.8 Å². The summed E-state index contributed by atoms with van der Waals surface area (Å²) in [5.74, 6) is 0.0255. The lowest BCUT2D eigenvalue weighted by Crippen LogP contribution is -2.23. The van der Waals surface area contributed by atoms with Gasteiger partial charge in [0.1, 0.15) is 16.9 Å². The summed E-state index contributed by atoms with van der Waals surface area (Å²) in [6.45, 7) is 3.86. The van der Waals surface area contributed by atoms with E-state index in [-0.39, 0.29) is 11.5 Å². The fourth-order valence-corrected chi connectivity index (χ4v) is 3.75. The summed E-state index contributed by atoms with van der Waals surface area (Å²) in [5.41, 5.74) is 1.77. The van der Waals surface area contributed by atoms with Crippen molar-refractivity contribution in [3.63, 3.8) is 0 Å². The van der Waals surface area contributed by atoms with Gasteiger partial charge in [0.05, 0.1) is 16.5 Å². The SMILES string of the molecule is CCCCc1ccc(C#N)c(SC(C)C(=O)Nc2cc(=O)n(-c3ccccc3)[nH]2)n1. The van der Waals surface area contributed by atoms with Gasteiger partial charge in [0, 0.05) is 11.8 Å². The van der Waals surface area contributed by atoms with Crippen LogP contribution >= 0.6 is 11.8 Å². The Morgan fingerprint density at radius 3 is 2.77 bits per heavy atom. The van der Waals surface area contributed by atoms with E-state index in [0.29, 0.717) is 22.1 Å². The van der Waals surface area contributed by atoms with Crippen molar-refractivity contribution < 1.29 is 4.79 Å². The Hall–Kier alpha value is -3.31. The van der Waals surface area contributed by atoms with Crippen LogP contribution in [-0.4, -0.2) is 25.9 Å². The molecule has 1 unspecified atom stereocenters. The Bertz CT molecular complexity index is 1110. The maximum atomic E-state index is 12.7. The minimum Gasteiger partial charge on any atom is -0.310 e. The number of nitriles is 1. The van der Waals surface area contributed by atoms with Crippen molar-refractivity contribution in [1.29, 1.82) is 5.26 Å². The second kappa shape index (κ2) is 9.94. The maximum absolute atomic E-state index is 12.7. The number of pyridine rings is 1. The van der Waals surface area contributed by atoms with E-state index in [1.54, 1.807) is 25.1 Å². The zero-order chi connectivity index (χ0) is 21.5. The van der Waals surface area contributed by atoms with Gasteiger partial charge in [-0.3, -0.25) is 14.7 Å². The van der Waals surface area contributed by atoms with Gasteiger partial charge in [0.25, 0.3) is 5.56 Å². The number of H-pyrrole nitrogens is 1. The molecule has 0 bridgehead atoms. The van der Waals surface area contributed by atoms with Gasteiger partial charge >= 0.3 is 0 Å². The largest absolute Gasteiger partial charge is 0.310 e. The van der Waals surface area contributed by atoms with Crippen molar-refractivity contribution in [2.24, 2.45) is 0 Å². The Balaban J connectivity index is 1.71. The van der Waals surface area contributed by atoms with Gasteiger partial charge in [-0.25, -0.2) is 9.67 Å². The second-order valence-electron chi connectivity index (χ2n) is 6.80. The molecule has 2 N–H and O–H groups in total. The van der Waals surface area contributed by atoms with Crippen molar-refractivity contribution in [3.05, 3.63) is 70.1 Å². The van der Waals surface area contributed by atoms with Crippen molar-refractivity contribution in [2.75, 3.05) is 5.32 Å². The van der Waals surface area contributed by atoms with E-state index in [1.165, 1.54) is 22.5 Å². The number of nitrogens with one attached hydrogen (secondary N) is 2. The molecule has 3 aromatic rings. The first-order chi connectivity index (χ1) is 14.5. The van der Waals surface area contributed by atoms with Gasteiger partial charge in [-0.05, 0) is 44.0 Å². The van der Waals surface area contributed by atoms with Crippen LogP contribution in [0.2, 0.25) is 0 Å². The lowest BCUT2D eigenvalue weighted by atomic mass is 10.2. The summed E-state index contributed by atoms with van der Waals surface area (Å²) >= 11 is 1.23. The molecule has 0 aliphatic rings. The molecule has 2 heterocycles. The highest BCUT2D eigenvalue weighted by atomic mass is 32.2. The van der Waals surface area contributed by atoms with E-state index in [9.17, 15) is 14.9 Å². The van der Waals surface area contributed by atoms with Crippen LogP contribution in [-0.2, 0) is 11.2 Å². The number of thioether (sulfide) groups is 1. The zero-order valence-electron chi connectivity index (χ0n) is 16.9. The summed E-state index contributed by atoms with van der Waals surface area (Å²) in [7, 11) is 0. The number of aromatic amines is 1. The van der Waals surface area contributed by atoms with Crippen LogP contribution < -0.4 is 10.9 Å². The number of aryl methyl sites for hydroxylation is 1. The molecule has 0 fully saturated rings. The topological polar surface area (TPSA) is 104 Å². The summed E-state index contributed by atoms with van der Waals surface area (Å²) in [6.07, 6.45) is 2.92. The number of hydrogen-bond acceptors (Lipinski definition) is 5. The molecule has 0 saturated carbocycles. The van der Waals surface area contributed by atoms with Gasteiger partial charge in [-0.2, -0.15) is 5.26 Å². The minimum absolute atomic E-state index is 0.270. The summed E-state index contributed by atoms with van der Waals surface area (Å²) in [5, 5.41) is 15.0. The van der Waals surface area contributed by atoms with E-state index < -0.39 is 5.25 Å². The van der Waals surface area contributed by atoms with Gasteiger partial charge in [-0.15, -0.1) is 0 Å². The first-order valence-corrected chi connectivity index (χ1v) is 10.6. The molecule has 0 saturated heterocycles. The normalized spacial score (nSPS) is 11.6. The van der Waals surface area contributed by atoms with Crippen LogP contribution in [0.25, 0.3) is 5.69 Å². The predicted octanol–water partition coefficient (Wildman–Crippen LogP) is 3.89. The number of anilines is 1. The fourth-order valence-electron chi connectivity index (χ4n) is 2.83. The molecule has 1 amide bonds. The monoisotopic (exact) mass is 421 g/mol. The lowest BCUT2D eigenvalue weighted by molar-refractivity contribution is -0.115. The predicted molar refractivity (Wildman–Crippen MR) is 118 cm³/mol. The number of carbonyl (C=O) groups excluding carboxylic acids is 1. The van der Waals surface area contributed by atoms with Crippen LogP contribution in [0, 0.1) is 11.3 Å². The number of carbonyl (C=O) groups is 1.